The first kappa shape index (κ1) is 19.2. The van der Waals surface area contributed by atoms with Gasteiger partial charge in [0, 0.05) is 18.5 Å². The lowest BCUT2D eigenvalue weighted by Crippen LogP contribution is -2.44. The molecule has 0 saturated carbocycles. The Kier molecular flexibility index (Phi) is 6.67. The van der Waals surface area contributed by atoms with E-state index in [0.29, 0.717) is 11.6 Å². The number of hydrogen-bond acceptors (Lipinski definition) is 3. The largest absolute Gasteiger partial charge is 0.492 e. The summed E-state index contributed by atoms with van der Waals surface area (Å²) >= 11 is 6.09. The summed E-state index contributed by atoms with van der Waals surface area (Å²) in [6.07, 6.45) is 5.12. The molecule has 2 rings (SSSR count). The minimum Gasteiger partial charge on any atom is -0.492 e. The van der Waals surface area contributed by atoms with Crippen molar-refractivity contribution in [3.8, 4) is 5.75 Å². The number of likely N-dealkylation sites (tertiary alicyclic amines) is 1. The van der Waals surface area contributed by atoms with Crippen LogP contribution in [0, 0.1) is 11.2 Å². The van der Waals surface area contributed by atoms with Crippen LogP contribution in [0.1, 0.15) is 38.7 Å². The van der Waals surface area contributed by atoms with Crippen LogP contribution in [-0.4, -0.2) is 36.8 Å². The number of ether oxygens (including phenoxy) is 1. The average molecular weight is 356 g/mol. The number of piperidine rings is 1. The van der Waals surface area contributed by atoms with Crippen molar-refractivity contribution in [2.24, 2.45) is 5.41 Å². The summed E-state index contributed by atoms with van der Waals surface area (Å²) in [7, 11) is 1.41. The Morgan fingerprint density at radius 3 is 2.79 bits per heavy atom. The van der Waals surface area contributed by atoms with E-state index < -0.39 is 5.82 Å². The third-order valence-corrected chi connectivity index (χ3v) is 4.97. The molecule has 24 heavy (non-hydrogen) atoms. The Balaban J connectivity index is 2.11. The lowest BCUT2D eigenvalue weighted by atomic mass is 9.77. The average Bonchev–Trinajstić information content (AvgIpc) is 2.53. The van der Waals surface area contributed by atoms with Gasteiger partial charge in [0.05, 0.1) is 18.7 Å². The number of aliphatic hydroxyl groups is 1. The Bertz CT molecular complexity index is 578. The summed E-state index contributed by atoms with van der Waals surface area (Å²) < 4.78 is 19.0. The molecule has 1 aromatic rings. The molecule has 0 radical (unpaired) electrons. The molecular formula is C19H27ClFNO2. The minimum atomic E-state index is -0.435. The van der Waals surface area contributed by atoms with Gasteiger partial charge in [-0.05, 0) is 57.4 Å². The lowest BCUT2D eigenvalue weighted by molar-refractivity contribution is 0.0307. The third kappa shape index (κ3) is 4.71. The molecule has 1 heterocycles. The van der Waals surface area contributed by atoms with E-state index in [4.69, 9.17) is 16.3 Å². The maximum absolute atomic E-state index is 14.0. The predicted octanol–water partition coefficient (Wildman–Crippen LogP) is 4.42. The number of rotatable bonds is 6. The summed E-state index contributed by atoms with van der Waals surface area (Å²) in [6, 6.07) is 3.24. The van der Waals surface area contributed by atoms with Gasteiger partial charge in [0.15, 0.2) is 11.6 Å². The highest BCUT2D eigenvalue weighted by atomic mass is 35.5. The Hall–Kier alpha value is -1.10. The van der Waals surface area contributed by atoms with Crippen molar-refractivity contribution >= 4 is 11.6 Å². The van der Waals surface area contributed by atoms with Gasteiger partial charge in [0.25, 0.3) is 0 Å². The monoisotopic (exact) mass is 355 g/mol. The molecule has 0 unspecified atom stereocenters. The Labute approximate surface area is 149 Å². The van der Waals surface area contributed by atoms with Crippen molar-refractivity contribution in [3.63, 3.8) is 0 Å². The molecular weight excluding hydrogens is 329 g/mol. The van der Waals surface area contributed by atoms with Gasteiger partial charge in [-0.1, -0.05) is 23.3 Å². The van der Waals surface area contributed by atoms with E-state index in [9.17, 15) is 9.50 Å². The summed E-state index contributed by atoms with van der Waals surface area (Å²) in [6.45, 7) is 6.70. The van der Waals surface area contributed by atoms with Gasteiger partial charge < -0.3 is 9.84 Å². The van der Waals surface area contributed by atoms with E-state index >= 15 is 0 Å². The molecule has 0 aliphatic carbocycles. The van der Waals surface area contributed by atoms with Crippen LogP contribution < -0.4 is 4.74 Å². The molecule has 0 amide bonds. The normalized spacial score (nSPS) is 21.6. The topological polar surface area (TPSA) is 32.7 Å². The van der Waals surface area contributed by atoms with E-state index in [1.54, 1.807) is 6.07 Å². The molecule has 1 aliphatic rings. The Morgan fingerprint density at radius 2 is 2.21 bits per heavy atom. The fourth-order valence-corrected chi connectivity index (χ4v) is 3.69. The fraction of sp³-hybridized carbons (Fsp3) is 0.579. The zero-order valence-corrected chi connectivity index (χ0v) is 15.5. The molecule has 1 aromatic carbocycles. The summed E-state index contributed by atoms with van der Waals surface area (Å²) in [5.41, 5.74) is 1.99. The van der Waals surface area contributed by atoms with Crippen molar-refractivity contribution in [2.45, 2.75) is 39.7 Å². The molecule has 0 bridgehead atoms. The van der Waals surface area contributed by atoms with Crippen LogP contribution in [0.4, 0.5) is 4.39 Å². The number of hydrogen-bond donors (Lipinski definition) is 1. The first-order chi connectivity index (χ1) is 11.4. The van der Waals surface area contributed by atoms with E-state index in [2.05, 4.69) is 24.8 Å². The quantitative estimate of drug-likeness (QED) is 0.767. The van der Waals surface area contributed by atoms with E-state index in [1.165, 1.54) is 18.7 Å². The molecule has 1 aliphatic heterocycles. The van der Waals surface area contributed by atoms with Gasteiger partial charge in [-0.2, -0.15) is 0 Å². The number of benzene rings is 1. The Morgan fingerprint density at radius 1 is 1.46 bits per heavy atom. The number of nitrogens with zero attached hydrogens (tertiary/aromatic N) is 1. The van der Waals surface area contributed by atoms with Crippen LogP contribution in [-0.2, 0) is 6.54 Å². The van der Waals surface area contributed by atoms with E-state index in [0.717, 1.165) is 37.9 Å². The summed E-state index contributed by atoms with van der Waals surface area (Å²) in [5, 5.41) is 10.2. The first-order valence-corrected chi connectivity index (χ1v) is 8.75. The molecule has 1 fully saturated rings. The standard InChI is InChI=1S/C19H27ClFNO2/c1-14(2)5-7-19(13-23)6-4-8-22(12-19)11-15-9-16(20)18(24-3)17(21)10-15/h5,9-10,23H,4,6-8,11-13H2,1-3H3/t19-/m0/s1. The molecule has 1 atom stereocenters. The van der Waals surface area contributed by atoms with Crippen LogP contribution in [0.5, 0.6) is 5.75 Å². The van der Waals surface area contributed by atoms with Crippen LogP contribution in [0.3, 0.4) is 0 Å². The van der Waals surface area contributed by atoms with Gasteiger partial charge in [0.2, 0.25) is 0 Å². The van der Waals surface area contributed by atoms with Crippen LogP contribution >= 0.6 is 11.6 Å². The summed E-state index contributed by atoms with van der Waals surface area (Å²) in [5.74, 6) is -0.345. The highest BCUT2D eigenvalue weighted by Crippen LogP contribution is 2.35. The van der Waals surface area contributed by atoms with Crippen molar-refractivity contribution < 1.29 is 14.2 Å². The number of aliphatic hydroxyl groups excluding tert-OH is 1. The first-order valence-electron chi connectivity index (χ1n) is 8.37. The minimum absolute atomic E-state index is 0.0901. The van der Waals surface area contributed by atoms with Crippen molar-refractivity contribution in [3.05, 3.63) is 40.2 Å². The molecule has 0 spiro atoms. The third-order valence-electron chi connectivity index (χ3n) is 4.69. The van der Waals surface area contributed by atoms with Crippen molar-refractivity contribution in [2.75, 3.05) is 26.8 Å². The number of methoxy groups -OCH3 is 1. The molecule has 134 valence electrons. The van der Waals surface area contributed by atoms with Crippen LogP contribution in [0.2, 0.25) is 5.02 Å². The molecule has 1 N–H and O–H groups in total. The zero-order valence-electron chi connectivity index (χ0n) is 14.7. The number of allylic oxidation sites excluding steroid dienone is 2. The van der Waals surface area contributed by atoms with Crippen molar-refractivity contribution in [1.29, 1.82) is 0 Å². The van der Waals surface area contributed by atoms with Gasteiger partial charge in [-0.15, -0.1) is 0 Å². The van der Waals surface area contributed by atoms with Crippen LogP contribution in [0.25, 0.3) is 0 Å². The SMILES string of the molecule is COc1c(F)cc(CN2CCC[C@](CO)(CC=C(C)C)C2)cc1Cl. The van der Waals surface area contributed by atoms with Gasteiger partial charge in [-0.25, -0.2) is 4.39 Å². The fourth-order valence-electron chi connectivity index (χ4n) is 3.38. The van der Waals surface area contributed by atoms with Gasteiger partial charge in [-0.3, -0.25) is 4.90 Å². The maximum atomic E-state index is 14.0. The maximum Gasteiger partial charge on any atom is 0.173 e. The van der Waals surface area contributed by atoms with E-state index in [-0.39, 0.29) is 17.8 Å². The van der Waals surface area contributed by atoms with Crippen LogP contribution in [0.15, 0.2) is 23.8 Å². The second-order valence-electron chi connectivity index (χ2n) is 7.05. The molecule has 5 heteroatoms. The molecule has 0 aromatic heterocycles. The second kappa shape index (κ2) is 8.32. The second-order valence-corrected chi connectivity index (χ2v) is 7.46. The highest BCUT2D eigenvalue weighted by Gasteiger charge is 2.34. The predicted molar refractivity (Wildman–Crippen MR) is 96.0 cm³/mol. The number of halogens is 2. The highest BCUT2D eigenvalue weighted by molar-refractivity contribution is 6.32. The van der Waals surface area contributed by atoms with Gasteiger partial charge in [0.1, 0.15) is 0 Å². The smallest absolute Gasteiger partial charge is 0.173 e. The zero-order chi connectivity index (χ0) is 17.7. The van der Waals surface area contributed by atoms with E-state index in [1.807, 2.05) is 0 Å². The lowest BCUT2D eigenvalue weighted by Gasteiger charge is -2.41. The summed E-state index contributed by atoms with van der Waals surface area (Å²) in [4.78, 5) is 2.27. The van der Waals surface area contributed by atoms with Gasteiger partial charge >= 0.3 is 0 Å². The van der Waals surface area contributed by atoms with Crippen molar-refractivity contribution in [1.82, 2.24) is 4.90 Å². The molecule has 1 saturated heterocycles. The molecule has 3 nitrogen and oxygen atoms in total.